The molecule has 1 aromatic rings. The van der Waals surface area contributed by atoms with Crippen molar-refractivity contribution in [1.29, 1.82) is 0 Å². The molecule has 0 saturated carbocycles. The van der Waals surface area contributed by atoms with Gasteiger partial charge in [-0.1, -0.05) is 23.8 Å². The summed E-state index contributed by atoms with van der Waals surface area (Å²) in [6, 6.07) is 5.51. The van der Waals surface area contributed by atoms with Gasteiger partial charge in [0.05, 0.1) is 6.10 Å². The van der Waals surface area contributed by atoms with Crippen molar-refractivity contribution in [2.24, 2.45) is 5.73 Å². The number of aliphatic hydroxyl groups excluding tert-OH is 1. The molecule has 0 spiro atoms. The highest BCUT2D eigenvalue weighted by molar-refractivity contribution is 7.80. The predicted octanol–water partition coefficient (Wildman–Crippen LogP) is 1.94. The van der Waals surface area contributed by atoms with E-state index in [0.717, 1.165) is 30.6 Å². The van der Waals surface area contributed by atoms with Crippen LogP contribution in [0.3, 0.4) is 0 Å². The fourth-order valence-corrected chi connectivity index (χ4v) is 2.49. The first kappa shape index (κ1) is 12.6. The lowest BCUT2D eigenvalue weighted by Gasteiger charge is -2.33. The summed E-state index contributed by atoms with van der Waals surface area (Å²) in [5.41, 5.74) is 7.45. The van der Waals surface area contributed by atoms with Crippen LogP contribution in [0, 0.1) is 0 Å². The zero-order chi connectivity index (χ0) is 12.4. The van der Waals surface area contributed by atoms with Gasteiger partial charge in [-0.25, -0.2) is 0 Å². The number of nitrogens with zero attached hydrogens (tertiary/aromatic N) is 1. The number of hydrogen-bond donors (Lipinski definition) is 2. The molecule has 1 atom stereocenters. The fourth-order valence-electron chi connectivity index (χ4n) is 2.15. The van der Waals surface area contributed by atoms with Crippen LogP contribution in [0.5, 0.6) is 0 Å². The van der Waals surface area contributed by atoms with Crippen LogP contribution in [0.2, 0.25) is 5.02 Å². The largest absolute Gasteiger partial charge is 0.391 e. The lowest BCUT2D eigenvalue weighted by atomic mass is 10.1. The number of piperidine rings is 1. The quantitative estimate of drug-likeness (QED) is 0.807. The van der Waals surface area contributed by atoms with E-state index in [0.29, 0.717) is 16.6 Å². The van der Waals surface area contributed by atoms with Crippen molar-refractivity contribution in [3.05, 3.63) is 28.8 Å². The maximum atomic E-state index is 9.69. The molecular weight excluding hydrogens is 256 g/mol. The van der Waals surface area contributed by atoms with E-state index >= 15 is 0 Å². The minimum Gasteiger partial charge on any atom is -0.391 e. The number of hydrogen-bond acceptors (Lipinski definition) is 3. The average Bonchev–Trinajstić information content (AvgIpc) is 2.28. The molecule has 3 N–H and O–H groups in total. The molecule has 0 aliphatic carbocycles. The van der Waals surface area contributed by atoms with Crippen molar-refractivity contribution >= 4 is 34.5 Å². The van der Waals surface area contributed by atoms with Crippen molar-refractivity contribution in [2.45, 2.75) is 18.9 Å². The highest BCUT2D eigenvalue weighted by Crippen LogP contribution is 2.27. The molecule has 1 fully saturated rings. The van der Waals surface area contributed by atoms with Crippen LogP contribution in [0.4, 0.5) is 5.69 Å². The molecule has 0 amide bonds. The smallest absolute Gasteiger partial charge is 0.106 e. The molecular formula is C12H15ClN2OS. The minimum atomic E-state index is -0.279. The first-order chi connectivity index (χ1) is 8.08. The first-order valence-corrected chi connectivity index (χ1v) is 6.39. The highest BCUT2D eigenvalue weighted by Gasteiger charge is 2.20. The molecule has 0 bridgehead atoms. The molecule has 1 aliphatic heterocycles. The monoisotopic (exact) mass is 270 g/mol. The number of anilines is 1. The minimum absolute atomic E-state index is 0.279. The van der Waals surface area contributed by atoms with Crippen LogP contribution in [0.15, 0.2) is 18.2 Å². The van der Waals surface area contributed by atoms with Gasteiger partial charge in [-0.15, -0.1) is 0 Å². The number of aliphatic hydroxyl groups is 1. The standard InChI is InChI=1S/C12H15ClN2OS/c13-8-3-4-11(10(6-8)12(14)17)15-5-1-2-9(16)7-15/h3-4,6,9,16H,1-2,5,7H2,(H2,14,17). The topological polar surface area (TPSA) is 49.5 Å². The summed E-state index contributed by atoms with van der Waals surface area (Å²) in [7, 11) is 0. The molecule has 1 saturated heterocycles. The van der Waals surface area contributed by atoms with E-state index in [2.05, 4.69) is 4.90 Å². The third kappa shape index (κ3) is 2.89. The molecule has 17 heavy (non-hydrogen) atoms. The Balaban J connectivity index is 2.33. The highest BCUT2D eigenvalue weighted by atomic mass is 35.5. The third-order valence-electron chi connectivity index (χ3n) is 2.96. The first-order valence-electron chi connectivity index (χ1n) is 5.60. The number of thiocarbonyl (C=S) groups is 1. The van der Waals surface area contributed by atoms with Gasteiger partial charge in [0.1, 0.15) is 4.99 Å². The second kappa shape index (κ2) is 5.21. The van der Waals surface area contributed by atoms with Gasteiger partial charge in [0, 0.05) is 29.4 Å². The summed E-state index contributed by atoms with van der Waals surface area (Å²) < 4.78 is 0. The Morgan fingerprint density at radius 1 is 1.53 bits per heavy atom. The lowest BCUT2D eigenvalue weighted by Crippen LogP contribution is -2.39. The average molecular weight is 271 g/mol. The van der Waals surface area contributed by atoms with E-state index in [1.54, 1.807) is 6.07 Å². The summed E-state index contributed by atoms with van der Waals surface area (Å²) >= 11 is 11.0. The number of benzene rings is 1. The second-order valence-corrected chi connectivity index (χ2v) is 5.14. The van der Waals surface area contributed by atoms with Gasteiger partial charge < -0.3 is 15.7 Å². The van der Waals surface area contributed by atoms with Gasteiger partial charge in [0.25, 0.3) is 0 Å². The second-order valence-electron chi connectivity index (χ2n) is 4.27. The zero-order valence-electron chi connectivity index (χ0n) is 9.40. The van der Waals surface area contributed by atoms with Crippen molar-refractivity contribution in [3.63, 3.8) is 0 Å². The Hall–Kier alpha value is -0.840. The number of nitrogens with two attached hydrogens (primary N) is 1. The third-order valence-corrected chi connectivity index (χ3v) is 3.42. The van der Waals surface area contributed by atoms with Crippen LogP contribution < -0.4 is 10.6 Å². The summed E-state index contributed by atoms with van der Waals surface area (Å²) in [6.07, 6.45) is 1.55. The van der Waals surface area contributed by atoms with Gasteiger partial charge >= 0.3 is 0 Å². The lowest BCUT2D eigenvalue weighted by molar-refractivity contribution is 0.154. The van der Waals surface area contributed by atoms with Crippen molar-refractivity contribution in [3.8, 4) is 0 Å². The van der Waals surface area contributed by atoms with Crippen LogP contribution in [-0.4, -0.2) is 29.3 Å². The molecule has 92 valence electrons. The molecule has 2 rings (SSSR count). The van der Waals surface area contributed by atoms with Gasteiger partial charge in [0.15, 0.2) is 0 Å². The van der Waals surface area contributed by atoms with Crippen molar-refractivity contribution in [1.82, 2.24) is 0 Å². The van der Waals surface area contributed by atoms with Crippen molar-refractivity contribution in [2.75, 3.05) is 18.0 Å². The Morgan fingerprint density at radius 2 is 2.29 bits per heavy atom. The van der Waals surface area contributed by atoms with Gasteiger partial charge in [-0.2, -0.15) is 0 Å². The van der Waals surface area contributed by atoms with E-state index in [1.165, 1.54) is 0 Å². The Labute approximate surface area is 111 Å². The Kier molecular flexibility index (Phi) is 3.86. The van der Waals surface area contributed by atoms with Crippen LogP contribution in [-0.2, 0) is 0 Å². The van der Waals surface area contributed by atoms with E-state index < -0.39 is 0 Å². The molecule has 5 heteroatoms. The molecule has 1 unspecified atom stereocenters. The molecule has 0 aromatic heterocycles. The predicted molar refractivity (Wildman–Crippen MR) is 74.8 cm³/mol. The van der Waals surface area contributed by atoms with Crippen LogP contribution in [0.1, 0.15) is 18.4 Å². The Bertz CT molecular complexity index is 439. The van der Waals surface area contributed by atoms with Crippen LogP contribution >= 0.6 is 23.8 Å². The molecule has 1 aromatic carbocycles. The maximum absolute atomic E-state index is 9.69. The maximum Gasteiger partial charge on any atom is 0.106 e. The number of halogens is 1. The summed E-state index contributed by atoms with van der Waals surface area (Å²) in [5, 5.41) is 10.3. The van der Waals surface area contributed by atoms with E-state index in [-0.39, 0.29) is 6.10 Å². The SMILES string of the molecule is NC(=S)c1cc(Cl)ccc1N1CCCC(O)C1. The number of β-amino-alcohol motifs (C(OH)–C–C–N with tert-alkyl or cyclic N) is 1. The van der Waals surface area contributed by atoms with E-state index in [1.807, 2.05) is 12.1 Å². The van der Waals surface area contributed by atoms with Crippen LogP contribution in [0.25, 0.3) is 0 Å². The van der Waals surface area contributed by atoms with Crippen molar-refractivity contribution < 1.29 is 5.11 Å². The normalized spacial score (nSPS) is 20.4. The van der Waals surface area contributed by atoms with Gasteiger partial charge in [0.2, 0.25) is 0 Å². The van der Waals surface area contributed by atoms with Gasteiger partial charge in [-0.3, -0.25) is 0 Å². The molecule has 1 heterocycles. The molecule has 0 radical (unpaired) electrons. The van der Waals surface area contributed by atoms with E-state index in [9.17, 15) is 5.11 Å². The molecule has 3 nitrogen and oxygen atoms in total. The Morgan fingerprint density at radius 3 is 2.94 bits per heavy atom. The zero-order valence-corrected chi connectivity index (χ0v) is 11.0. The fraction of sp³-hybridized carbons (Fsp3) is 0.417. The van der Waals surface area contributed by atoms with E-state index in [4.69, 9.17) is 29.6 Å². The summed E-state index contributed by atoms with van der Waals surface area (Å²) in [6.45, 7) is 1.53. The number of rotatable bonds is 2. The molecule has 1 aliphatic rings. The van der Waals surface area contributed by atoms with Gasteiger partial charge in [-0.05, 0) is 31.0 Å². The summed E-state index contributed by atoms with van der Waals surface area (Å²) in [5.74, 6) is 0. The summed E-state index contributed by atoms with van der Waals surface area (Å²) in [4.78, 5) is 2.45.